The molecule has 0 aliphatic rings. The van der Waals surface area contributed by atoms with Crippen molar-refractivity contribution in [3.8, 4) is 0 Å². The predicted octanol–water partition coefficient (Wildman–Crippen LogP) is 2.44. The third-order valence-electron chi connectivity index (χ3n) is 4.28. The molecule has 4 rings (SSSR count). The molecule has 4 aromatic rings. The van der Waals surface area contributed by atoms with E-state index in [-0.39, 0.29) is 5.91 Å². The highest BCUT2D eigenvalue weighted by atomic mass is 16.1. The number of carbonyl (C=O) groups excluding carboxylic acids is 1. The minimum absolute atomic E-state index is 0.103. The fourth-order valence-corrected chi connectivity index (χ4v) is 2.84. The van der Waals surface area contributed by atoms with Gasteiger partial charge in [-0.05, 0) is 52.6 Å². The number of carbonyl (C=O) groups is 1. The number of aromatic nitrogens is 5. The maximum atomic E-state index is 12.4. The van der Waals surface area contributed by atoms with Crippen molar-refractivity contribution in [3.63, 3.8) is 0 Å². The molecule has 0 saturated heterocycles. The molecule has 2 aromatic heterocycles. The summed E-state index contributed by atoms with van der Waals surface area (Å²) in [6, 6.07) is 17.6. The monoisotopic (exact) mass is 346 g/mol. The number of amides is 1. The molecule has 2 heterocycles. The van der Waals surface area contributed by atoms with Gasteiger partial charge in [-0.3, -0.25) is 4.79 Å². The van der Waals surface area contributed by atoms with Gasteiger partial charge in [0.2, 0.25) is 0 Å². The molecule has 0 saturated carbocycles. The number of benzene rings is 2. The Kier molecular flexibility index (Phi) is 4.18. The van der Waals surface area contributed by atoms with E-state index >= 15 is 0 Å². The molecule has 0 radical (unpaired) electrons. The first-order valence-electron chi connectivity index (χ1n) is 8.35. The number of hydrogen-bond donors (Lipinski definition) is 2. The first-order valence-corrected chi connectivity index (χ1v) is 8.35. The van der Waals surface area contributed by atoms with Crippen LogP contribution in [0, 0.1) is 6.92 Å². The van der Waals surface area contributed by atoms with Gasteiger partial charge < -0.3 is 10.3 Å². The molecule has 0 bridgehead atoms. The van der Waals surface area contributed by atoms with Crippen LogP contribution in [0.25, 0.3) is 10.9 Å². The Bertz CT molecular complexity index is 1010. The number of aromatic amines is 1. The first kappa shape index (κ1) is 16.0. The number of rotatable bonds is 5. The molecule has 0 aliphatic carbocycles. The van der Waals surface area contributed by atoms with E-state index in [2.05, 4.69) is 25.8 Å². The van der Waals surface area contributed by atoms with Crippen molar-refractivity contribution in [3.05, 3.63) is 77.2 Å². The lowest BCUT2D eigenvalue weighted by Gasteiger charge is -2.06. The van der Waals surface area contributed by atoms with Crippen molar-refractivity contribution in [2.45, 2.75) is 20.0 Å². The van der Waals surface area contributed by atoms with Crippen molar-refractivity contribution in [1.29, 1.82) is 0 Å². The molecule has 0 spiro atoms. The summed E-state index contributed by atoms with van der Waals surface area (Å²) in [6.45, 7) is 2.89. The summed E-state index contributed by atoms with van der Waals surface area (Å²) in [5.41, 5.74) is 3.70. The molecule has 0 fully saturated rings. The second-order valence-electron chi connectivity index (χ2n) is 6.15. The van der Waals surface area contributed by atoms with Crippen molar-refractivity contribution in [2.75, 3.05) is 0 Å². The average Bonchev–Trinajstić information content (AvgIpc) is 3.26. The summed E-state index contributed by atoms with van der Waals surface area (Å²) in [4.78, 5) is 15.7. The summed E-state index contributed by atoms with van der Waals surface area (Å²) in [5, 5.41) is 15.5. The summed E-state index contributed by atoms with van der Waals surface area (Å²) < 4.78 is 1.71. The molecular weight excluding hydrogens is 328 g/mol. The number of aryl methyl sites for hydroxylation is 1. The van der Waals surface area contributed by atoms with Crippen LogP contribution in [0.4, 0.5) is 0 Å². The minimum Gasteiger partial charge on any atom is -0.357 e. The van der Waals surface area contributed by atoms with Gasteiger partial charge in [0.1, 0.15) is 5.82 Å². The van der Waals surface area contributed by atoms with Crippen LogP contribution < -0.4 is 5.32 Å². The minimum atomic E-state index is -0.103. The van der Waals surface area contributed by atoms with E-state index < -0.39 is 0 Å². The van der Waals surface area contributed by atoms with Gasteiger partial charge in [0, 0.05) is 16.8 Å². The van der Waals surface area contributed by atoms with Crippen LogP contribution >= 0.6 is 0 Å². The van der Waals surface area contributed by atoms with Gasteiger partial charge in [-0.2, -0.15) is 0 Å². The van der Waals surface area contributed by atoms with E-state index in [4.69, 9.17) is 0 Å². The Balaban J connectivity index is 1.39. The van der Waals surface area contributed by atoms with E-state index in [0.717, 1.165) is 28.0 Å². The summed E-state index contributed by atoms with van der Waals surface area (Å²) in [6.07, 6.45) is 0. The molecule has 1 amide bonds. The number of H-pyrrole nitrogens is 1. The van der Waals surface area contributed by atoms with Crippen molar-refractivity contribution in [1.82, 2.24) is 30.5 Å². The van der Waals surface area contributed by atoms with Gasteiger partial charge in [0.25, 0.3) is 5.91 Å². The summed E-state index contributed by atoms with van der Waals surface area (Å²) in [7, 11) is 0. The third kappa shape index (κ3) is 3.32. The van der Waals surface area contributed by atoms with Gasteiger partial charge >= 0.3 is 0 Å². The van der Waals surface area contributed by atoms with Crippen LogP contribution in [0.5, 0.6) is 0 Å². The highest BCUT2D eigenvalue weighted by Crippen LogP contribution is 2.14. The standard InChI is InChI=1S/C19H18N6O/c1-13-22-23-24-25(13)12-14-6-8-15(9-7-14)19(26)20-11-17-10-16-4-2-3-5-18(16)21-17/h2-10,21H,11-12H2,1H3,(H,20,26). The Hall–Kier alpha value is -3.48. The van der Waals surface area contributed by atoms with Crippen LogP contribution in [-0.4, -0.2) is 31.1 Å². The zero-order valence-corrected chi connectivity index (χ0v) is 14.3. The Morgan fingerprint density at radius 3 is 2.69 bits per heavy atom. The van der Waals surface area contributed by atoms with Gasteiger partial charge in [0.15, 0.2) is 0 Å². The molecule has 26 heavy (non-hydrogen) atoms. The van der Waals surface area contributed by atoms with Gasteiger partial charge in [-0.15, -0.1) is 5.10 Å². The lowest BCUT2D eigenvalue weighted by Crippen LogP contribution is -2.22. The Labute approximate surface area is 150 Å². The molecule has 7 nitrogen and oxygen atoms in total. The van der Waals surface area contributed by atoms with E-state index in [0.29, 0.717) is 18.7 Å². The number of tetrazole rings is 1. The number of fused-ring (bicyclic) bond motifs is 1. The number of nitrogens with zero attached hydrogens (tertiary/aromatic N) is 4. The number of para-hydroxylation sites is 1. The number of hydrogen-bond acceptors (Lipinski definition) is 4. The van der Waals surface area contributed by atoms with Gasteiger partial charge in [-0.25, -0.2) is 4.68 Å². The molecule has 0 atom stereocenters. The molecule has 7 heteroatoms. The largest absolute Gasteiger partial charge is 0.357 e. The van der Waals surface area contributed by atoms with Crippen molar-refractivity contribution >= 4 is 16.8 Å². The normalized spacial score (nSPS) is 11.0. The molecule has 2 N–H and O–H groups in total. The van der Waals surface area contributed by atoms with Crippen LogP contribution in [0.3, 0.4) is 0 Å². The van der Waals surface area contributed by atoms with Gasteiger partial charge in [0.05, 0.1) is 13.1 Å². The molecule has 0 aliphatic heterocycles. The fourth-order valence-electron chi connectivity index (χ4n) is 2.84. The maximum Gasteiger partial charge on any atom is 0.251 e. The quantitative estimate of drug-likeness (QED) is 0.581. The topological polar surface area (TPSA) is 88.5 Å². The molecule has 2 aromatic carbocycles. The van der Waals surface area contributed by atoms with Gasteiger partial charge in [-0.1, -0.05) is 30.3 Å². The molecular formula is C19H18N6O. The summed E-state index contributed by atoms with van der Waals surface area (Å²) in [5.74, 6) is 0.652. The van der Waals surface area contributed by atoms with Crippen LogP contribution in [-0.2, 0) is 13.1 Å². The second kappa shape index (κ2) is 6.79. The fraction of sp³-hybridized carbons (Fsp3) is 0.158. The average molecular weight is 346 g/mol. The van der Waals surface area contributed by atoms with Crippen molar-refractivity contribution in [2.24, 2.45) is 0 Å². The number of nitrogens with one attached hydrogen (secondary N) is 2. The summed E-state index contributed by atoms with van der Waals surface area (Å²) >= 11 is 0. The van der Waals surface area contributed by atoms with Crippen LogP contribution in [0.2, 0.25) is 0 Å². The molecule has 130 valence electrons. The Morgan fingerprint density at radius 1 is 1.15 bits per heavy atom. The van der Waals surface area contributed by atoms with E-state index in [1.54, 1.807) is 4.68 Å². The van der Waals surface area contributed by atoms with E-state index in [1.807, 2.05) is 61.5 Å². The zero-order valence-electron chi connectivity index (χ0n) is 14.3. The highest BCUT2D eigenvalue weighted by Gasteiger charge is 2.08. The van der Waals surface area contributed by atoms with E-state index in [9.17, 15) is 4.79 Å². The predicted molar refractivity (Wildman–Crippen MR) is 97.6 cm³/mol. The lowest BCUT2D eigenvalue weighted by atomic mass is 10.1. The first-order chi connectivity index (χ1) is 12.7. The SMILES string of the molecule is Cc1nnnn1Cc1ccc(C(=O)NCc2cc3ccccc3[nH]2)cc1. The van der Waals surface area contributed by atoms with Crippen molar-refractivity contribution < 1.29 is 4.79 Å². The smallest absolute Gasteiger partial charge is 0.251 e. The Morgan fingerprint density at radius 2 is 1.96 bits per heavy atom. The third-order valence-corrected chi connectivity index (χ3v) is 4.28. The van der Waals surface area contributed by atoms with Crippen LogP contribution in [0.1, 0.15) is 27.4 Å². The highest BCUT2D eigenvalue weighted by molar-refractivity contribution is 5.94. The maximum absolute atomic E-state index is 12.4. The second-order valence-corrected chi connectivity index (χ2v) is 6.15. The zero-order chi connectivity index (χ0) is 17.9. The molecule has 0 unspecified atom stereocenters. The van der Waals surface area contributed by atoms with Crippen LogP contribution in [0.15, 0.2) is 54.6 Å². The van der Waals surface area contributed by atoms with E-state index in [1.165, 1.54) is 0 Å². The lowest BCUT2D eigenvalue weighted by molar-refractivity contribution is 0.0950.